The van der Waals surface area contributed by atoms with Crippen LogP contribution in [-0.2, 0) is 6.42 Å². The molecule has 2 heteroatoms. The Hall–Kier alpha value is -0.690. The molecule has 1 atom stereocenters. The first-order chi connectivity index (χ1) is 6.91. The maximum Gasteiger partial charge on any atom is 0.0459 e. The number of hydrogen-bond donors (Lipinski definition) is 0. The van der Waals surface area contributed by atoms with E-state index in [4.69, 9.17) is 11.6 Å². The van der Waals surface area contributed by atoms with Crippen molar-refractivity contribution in [1.82, 2.24) is 0 Å². The van der Waals surface area contributed by atoms with Crippen molar-refractivity contribution < 1.29 is 0 Å². The van der Waals surface area contributed by atoms with E-state index in [2.05, 4.69) is 38.8 Å². The third kappa shape index (κ3) is 1.74. The topological polar surface area (TPSA) is 3.24 Å². The second-order valence-corrected chi connectivity index (χ2v) is 5.84. The zero-order valence-corrected chi connectivity index (χ0v) is 10.6. The Kier molecular flexibility index (Phi) is 2.46. The van der Waals surface area contributed by atoms with Crippen LogP contribution >= 0.6 is 11.6 Å². The van der Waals surface area contributed by atoms with E-state index < -0.39 is 0 Å². The molecule has 0 N–H and O–H groups in total. The zero-order valence-electron chi connectivity index (χ0n) is 9.84. The van der Waals surface area contributed by atoms with Crippen molar-refractivity contribution in [3.05, 3.63) is 28.8 Å². The van der Waals surface area contributed by atoms with E-state index in [0.29, 0.717) is 6.04 Å². The average Bonchev–Trinajstić information content (AvgIpc) is 2.45. The molecule has 1 aromatic rings. The van der Waals surface area contributed by atoms with Gasteiger partial charge in [-0.3, -0.25) is 0 Å². The Balaban J connectivity index is 2.42. The smallest absolute Gasteiger partial charge is 0.0459 e. The minimum atomic E-state index is 0.289. The molecule has 1 aliphatic heterocycles. The first-order valence-electron chi connectivity index (χ1n) is 5.41. The Bertz CT molecular complexity index is 379. The zero-order chi connectivity index (χ0) is 11.2. The number of benzene rings is 1. The molecule has 1 aliphatic rings. The SMILES string of the molecule is CN1c2cccc(Cl)c2CC1C(C)(C)C. The van der Waals surface area contributed by atoms with Gasteiger partial charge in [-0.05, 0) is 29.5 Å². The Morgan fingerprint density at radius 2 is 2.00 bits per heavy atom. The van der Waals surface area contributed by atoms with Crippen molar-refractivity contribution in [3.63, 3.8) is 0 Å². The van der Waals surface area contributed by atoms with E-state index in [1.165, 1.54) is 11.3 Å². The van der Waals surface area contributed by atoms with Crippen LogP contribution in [0, 0.1) is 5.41 Å². The average molecular weight is 224 g/mol. The van der Waals surface area contributed by atoms with Crippen molar-refractivity contribution >= 4 is 17.3 Å². The summed E-state index contributed by atoms with van der Waals surface area (Å²) >= 11 is 6.22. The monoisotopic (exact) mass is 223 g/mol. The van der Waals surface area contributed by atoms with Crippen LogP contribution in [0.3, 0.4) is 0 Å². The number of hydrogen-bond acceptors (Lipinski definition) is 1. The normalized spacial score (nSPS) is 20.6. The van der Waals surface area contributed by atoms with E-state index >= 15 is 0 Å². The van der Waals surface area contributed by atoms with Crippen LogP contribution in [0.25, 0.3) is 0 Å². The summed E-state index contributed by atoms with van der Waals surface area (Å²) in [6, 6.07) is 6.72. The highest BCUT2D eigenvalue weighted by Crippen LogP contribution is 2.41. The molecule has 0 saturated carbocycles. The predicted molar refractivity (Wildman–Crippen MR) is 66.8 cm³/mol. The highest BCUT2D eigenvalue weighted by Gasteiger charge is 2.35. The molecule has 0 fully saturated rings. The van der Waals surface area contributed by atoms with E-state index in [0.717, 1.165) is 11.4 Å². The van der Waals surface area contributed by atoms with Crippen molar-refractivity contribution in [2.45, 2.75) is 33.2 Å². The second kappa shape index (κ2) is 3.41. The predicted octanol–water partition coefficient (Wildman–Crippen LogP) is 3.75. The van der Waals surface area contributed by atoms with Crippen molar-refractivity contribution in [3.8, 4) is 0 Å². The van der Waals surface area contributed by atoms with Crippen molar-refractivity contribution in [2.24, 2.45) is 5.41 Å². The number of anilines is 1. The van der Waals surface area contributed by atoms with Crippen LogP contribution in [0.1, 0.15) is 26.3 Å². The first kappa shape index (κ1) is 10.8. The van der Waals surface area contributed by atoms with Crippen molar-refractivity contribution in [1.29, 1.82) is 0 Å². The molecule has 0 spiro atoms. The minimum absolute atomic E-state index is 0.289. The lowest BCUT2D eigenvalue weighted by molar-refractivity contribution is 0.320. The maximum absolute atomic E-state index is 6.22. The number of halogens is 1. The fraction of sp³-hybridized carbons (Fsp3) is 0.538. The molecule has 0 bridgehead atoms. The molecule has 0 aliphatic carbocycles. The summed E-state index contributed by atoms with van der Waals surface area (Å²) in [6.45, 7) is 6.86. The van der Waals surface area contributed by atoms with Gasteiger partial charge in [0.25, 0.3) is 0 Å². The first-order valence-corrected chi connectivity index (χ1v) is 5.79. The molecule has 0 aromatic heterocycles. The van der Waals surface area contributed by atoms with Crippen LogP contribution in [0.5, 0.6) is 0 Å². The van der Waals surface area contributed by atoms with Crippen molar-refractivity contribution in [2.75, 3.05) is 11.9 Å². The van der Waals surface area contributed by atoms with Gasteiger partial charge in [-0.1, -0.05) is 38.4 Å². The minimum Gasteiger partial charge on any atom is -0.370 e. The molecular formula is C13H18ClN. The highest BCUT2D eigenvalue weighted by atomic mass is 35.5. The highest BCUT2D eigenvalue weighted by molar-refractivity contribution is 6.31. The summed E-state index contributed by atoms with van der Waals surface area (Å²) in [7, 11) is 2.16. The van der Waals surface area contributed by atoms with E-state index in [9.17, 15) is 0 Å². The third-order valence-electron chi connectivity index (χ3n) is 3.34. The standard InChI is InChI=1S/C13H18ClN/c1-13(2,3)12-8-9-10(14)6-5-7-11(9)15(12)4/h5-7,12H,8H2,1-4H3. The fourth-order valence-corrected chi connectivity index (χ4v) is 2.71. The van der Waals surface area contributed by atoms with E-state index in [-0.39, 0.29) is 5.41 Å². The Morgan fingerprint density at radius 3 is 2.53 bits per heavy atom. The third-order valence-corrected chi connectivity index (χ3v) is 3.69. The summed E-state index contributed by atoms with van der Waals surface area (Å²) in [5, 5.41) is 0.908. The molecule has 0 saturated heterocycles. The molecular weight excluding hydrogens is 206 g/mol. The van der Waals surface area contributed by atoms with Gasteiger partial charge in [0.15, 0.2) is 0 Å². The second-order valence-electron chi connectivity index (χ2n) is 5.43. The van der Waals surface area contributed by atoms with E-state index in [1.54, 1.807) is 0 Å². The van der Waals surface area contributed by atoms with Gasteiger partial charge >= 0.3 is 0 Å². The van der Waals surface area contributed by atoms with Gasteiger partial charge in [0.1, 0.15) is 0 Å². The van der Waals surface area contributed by atoms with Gasteiger partial charge in [-0.15, -0.1) is 0 Å². The summed E-state index contributed by atoms with van der Waals surface area (Å²) in [6.07, 6.45) is 1.06. The number of nitrogens with zero attached hydrogens (tertiary/aromatic N) is 1. The summed E-state index contributed by atoms with van der Waals surface area (Å²) in [5.74, 6) is 0. The molecule has 0 amide bonds. The number of fused-ring (bicyclic) bond motifs is 1. The molecule has 1 heterocycles. The summed E-state index contributed by atoms with van der Waals surface area (Å²) < 4.78 is 0. The lowest BCUT2D eigenvalue weighted by atomic mass is 9.84. The van der Waals surface area contributed by atoms with Gasteiger partial charge in [-0.25, -0.2) is 0 Å². The lowest BCUT2D eigenvalue weighted by Gasteiger charge is -2.34. The summed E-state index contributed by atoms with van der Waals surface area (Å²) in [5.41, 5.74) is 2.89. The van der Waals surface area contributed by atoms with Crippen LogP contribution in [0.15, 0.2) is 18.2 Å². The molecule has 1 unspecified atom stereocenters. The van der Waals surface area contributed by atoms with Crippen LogP contribution in [0.2, 0.25) is 5.02 Å². The molecule has 0 radical (unpaired) electrons. The van der Waals surface area contributed by atoms with Gasteiger partial charge < -0.3 is 4.90 Å². The lowest BCUT2D eigenvalue weighted by Crippen LogP contribution is -2.39. The van der Waals surface area contributed by atoms with Crippen LogP contribution in [-0.4, -0.2) is 13.1 Å². The van der Waals surface area contributed by atoms with Gasteiger partial charge in [0.05, 0.1) is 0 Å². The molecule has 1 aromatic carbocycles. The Morgan fingerprint density at radius 1 is 1.33 bits per heavy atom. The van der Waals surface area contributed by atoms with Gasteiger partial charge in [0, 0.05) is 23.8 Å². The maximum atomic E-state index is 6.22. The fourth-order valence-electron chi connectivity index (χ4n) is 2.47. The van der Waals surface area contributed by atoms with E-state index in [1.807, 2.05) is 12.1 Å². The summed E-state index contributed by atoms with van der Waals surface area (Å²) in [4.78, 5) is 2.36. The quantitative estimate of drug-likeness (QED) is 0.648. The molecule has 15 heavy (non-hydrogen) atoms. The molecule has 2 rings (SSSR count). The largest absolute Gasteiger partial charge is 0.370 e. The Labute approximate surface area is 97.0 Å². The van der Waals surface area contributed by atoms with Gasteiger partial charge in [0.2, 0.25) is 0 Å². The van der Waals surface area contributed by atoms with Crippen LogP contribution in [0.4, 0.5) is 5.69 Å². The molecule has 82 valence electrons. The number of rotatable bonds is 0. The van der Waals surface area contributed by atoms with Crippen LogP contribution < -0.4 is 4.90 Å². The van der Waals surface area contributed by atoms with Gasteiger partial charge in [-0.2, -0.15) is 0 Å². The molecule has 1 nitrogen and oxygen atoms in total. The number of likely N-dealkylation sites (N-methyl/N-ethyl adjacent to an activating group) is 1.